The van der Waals surface area contributed by atoms with E-state index in [0.717, 1.165) is 26.2 Å². The van der Waals surface area contributed by atoms with Crippen LogP contribution in [0.5, 0.6) is 5.75 Å². The summed E-state index contributed by atoms with van der Waals surface area (Å²) in [5.74, 6) is 0.354. The van der Waals surface area contributed by atoms with Crippen molar-refractivity contribution < 1.29 is 19.0 Å². The summed E-state index contributed by atoms with van der Waals surface area (Å²) in [6, 6.07) is 13.8. The van der Waals surface area contributed by atoms with E-state index in [0.29, 0.717) is 23.5 Å². The number of carbonyl (C=O) groups excluding carboxylic acids is 1. The van der Waals surface area contributed by atoms with Gasteiger partial charge in [-0.3, -0.25) is 9.69 Å². The molecule has 1 atom stereocenters. The number of rotatable bonds is 7. The summed E-state index contributed by atoms with van der Waals surface area (Å²) in [5, 5.41) is 10.3. The second-order valence-electron chi connectivity index (χ2n) is 6.79. The molecule has 1 aliphatic rings. The van der Waals surface area contributed by atoms with Crippen LogP contribution < -0.4 is 9.64 Å². The number of β-amino-alcohol motifs (C(OH)–C–C–N with tert-alkyl or cyclic N) is 1. The van der Waals surface area contributed by atoms with Gasteiger partial charge in [0, 0.05) is 38.3 Å². The van der Waals surface area contributed by atoms with Crippen LogP contribution in [-0.4, -0.2) is 61.2 Å². The van der Waals surface area contributed by atoms with Gasteiger partial charge in [0.2, 0.25) is 0 Å². The molecular weight excluding hydrogens is 347 g/mol. The summed E-state index contributed by atoms with van der Waals surface area (Å²) in [6.45, 7) is 5.11. The molecule has 144 valence electrons. The Morgan fingerprint density at radius 2 is 1.89 bits per heavy atom. The van der Waals surface area contributed by atoms with Gasteiger partial charge in [-0.15, -0.1) is 0 Å². The van der Waals surface area contributed by atoms with Gasteiger partial charge in [-0.1, -0.05) is 24.3 Å². The minimum absolute atomic E-state index is 0.0197. The average Bonchev–Trinajstić information content (AvgIpc) is 2.68. The van der Waals surface area contributed by atoms with E-state index < -0.39 is 6.10 Å². The van der Waals surface area contributed by atoms with Crippen LogP contribution in [0, 0.1) is 5.82 Å². The van der Waals surface area contributed by atoms with Crippen molar-refractivity contribution in [3.63, 3.8) is 0 Å². The van der Waals surface area contributed by atoms with Gasteiger partial charge in [0.1, 0.15) is 24.3 Å². The largest absolute Gasteiger partial charge is 0.491 e. The zero-order chi connectivity index (χ0) is 19.2. The van der Waals surface area contributed by atoms with Gasteiger partial charge in [-0.25, -0.2) is 4.39 Å². The van der Waals surface area contributed by atoms with Gasteiger partial charge in [-0.05, 0) is 31.2 Å². The van der Waals surface area contributed by atoms with E-state index in [2.05, 4.69) is 4.90 Å². The first-order chi connectivity index (χ1) is 13.0. The molecule has 1 N–H and O–H groups in total. The van der Waals surface area contributed by atoms with Crippen molar-refractivity contribution in [3.05, 3.63) is 59.9 Å². The Morgan fingerprint density at radius 1 is 1.15 bits per heavy atom. The van der Waals surface area contributed by atoms with Crippen molar-refractivity contribution in [1.29, 1.82) is 0 Å². The van der Waals surface area contributed by atoms with Crippen molar-refractivity contribution in [2.24, 2.45) is 0 Å². The van der Waals surface area contributed by atoms with E-state index in [9.17, 15) is 14.3 Å². The number of Topliss-reactive ketones (excluding diaryl/α,β-unsaturated/α-hetero) is 1. The number of carbonyl (C=O) groups is 1. The zero-order valence-corrected chi connectivity index (χ0v) is 15.5. The maximum absolute atomic E-state index is 13.9. The molecule has 2 aromatic carbocycles. The molecule has 1 fully saturated rings. The first-order valence-electron chi connectivity index (χ1n) is 9.16. The van der Waals surface area contributed by atoms with Crippen LogP contribution in [0.1, 0.15) is 17.3 Å². The predicted molar refractivity (Wildman–Crippen MR) is 103 cm³/mol. The number of anilines is 1. The zero-order valence-electron chi connectivity index (χ0n) is 15.5. The number of halogens is 1. The number of aliphatic hydroxyl groups excluding tert-OH is 1. The molecular formula is C21H25FN2O3. The lowest BCUT2D eigenvalue weighted by molar-refractivity contribution is 0.0662. The predicted octanol–water partition coefficient (Wildman–Crippen LogP) is 2.59. The third-order valence-electron chi connectivity index (χ3n) is 4.72. The van der Waals surface area contributed by atoms with E-state index in [4.69, 9.17) is 4.74 Å². The molecule has 27 heavy (non-hydrogen) atoms. The monoisotopic (exact) mass is 372 g/mol. The molecule has 6 heteroatoms. The third kappa shape index (κ3) is 5.28. The standard InChI is InChI=1S/C21H25FN2O3/c1-16(25)17-5-4-6-19(13-17)27-15-18(26)14-23-9-11-24(12-10-23)21-8-3-2-7-20(21)22/h2-8,13,18,26H,9-12,14-15H2,1H3/t18-/m0/s1. The van der Waals surface area contributed by atoms with Crippen LogP contribution in [0.15, 0.2) is 48.5 Å². The quantitative estimate of drug-likeness (QED) is 0.757. The average molecular weight is 372 g/mol. The highest BCUT2D eigenvalue weighted by molar-refractivity contribution is 5.94. The number of para-hydroxylation sites is 1. The van der Waals surface area contributed by atoms with Gasteiger partial charge in [0.25, 0.3) is 0 Å². The van der Waals surface area contributed by atoms with Gasteiger partial charge in [0.15, 0.2) is 5.78 Å². The Morgan fingerprint density at radius 3 is 2.59 bits per heavy atom. The highest BCUT2D eigenvalue weighted by atomic mass is 19.1. The number of aliphatic hydroxyl groups is 1. The van der Waals surface area contributed by atoms with Gasteiger partial charge < -0.3 is 14.7 Å². The second kappa shape index (κ2) is 8.97. The lowest BCUT2D eigenvalue weighted by atomic mass is 10.1. The van der Waals surface area contributed by atoms with Crippen molar-refractivity contribution in [2.75, 3.05) is 44.2 Å². The first-order valence-corrected chi connectivity index (χ1v) is 9.16. The number of ketones is 1. The Hall–Kier alpha value is -2.44. The second-order valence-corrected chi connectivity index (χ2v) is 6.79. The number of benzene rings is 2. The maximum Gasteiger partial charge on any atom is 0.159 e. The maximum atomic E-state index is 13.9. The minimum Gasteiger partial charge on any atom is -0.491 e. The molecule has 0 amide bonds. The Kier molecular flexibility index (Phi) is 6.42. The Labute approximate surface area is 159 Å². The number of piperazine rings is 1. The molecule has 0 aromatic heterocycles. The Balaban J connectivity index is 1.44. The molecule has 0 bridgehead atoms. The van der Waals surface area contributed by atoms with Crippen LogP contribution in [-0.2, 0) is 0 Å². The molecule has 1 heterocycles. The summed E-state index contributed by atoms with van der Waals surface area (Å²) in [5.41, 5.74) is 1.22. The SMILES string of the molecule is CC(=O)c1cccc(OC[C@@H](O)CN2CCN(c3ccccc3F)CC2)c1. The lowest BCUT2D eigenvalue weighted by Gasteiger charge is -2.36. The molecule has 3 rings (SSSR count). The fraction of sp³-hybridized carbons (Fsp3) is 0.381. The highest BCUT2D eigenvalue weighted by Gasteiger charge is 2.21. The molecule has 0 spiro atoms. The van der Waals surface area contributed by atoms with Gasteiger partial charge in [-0.2, -0.15) is 0 Å². The van der Waals surface area contributed by atoms with Crippen molar-refractivity contribution >= 4 is 11.5 Å². The summed E-state index contributed by atoms with van der Waals surface area (Å²) >= 11 is 0. The minimum atomic E-state index is -0.633. The number of hydrogen-bond acceptors (Lipinski definition) is 5. The van der Waals surface area contributed by atoms with Gasteiger partial charge in [0.05, 0.1) is 5.69 Å². The van der Waals surface area contributed by atoms with E-state index in [-0.39, 0.29) is 18.2 Å². The summed E-state index contributed by atoms with van der Waals surface area (Å²) in [4.78, 5) is 15.6. The highest BCUT2D eigenvalue weighted by Crippen LogP contribution is 2.20. The number of hydrogen-bond donors (Lipinski definition) is 1. The number of nitrogens with zero attached hydrogens (tertiary/aromatic N) is 2. The van der Waals surface area contributed by atoms with Crippen molar-refractivity contribution in [3.8, 4) is 5.75 Å². The molecule has 2 aromatic rings. The van der Waals surface area contributed by atoms with Crippen LogP contribution in [0.25, 0.3) is 0 Å². The summed E-state index contributed by atoms with van der Waals surface area (Å²) < 4.78 is 19.5. The molecule has 1 saturated heterocycles. The molecule has 1 aliphatic heterocycles. The smallest absolute Gasteiger partial charge is 0.159 e. The van der Waals surface area contributed by atoms with Crippen LogP contribution >= 0.6 is 0 Å². The van der Waals surface area contributed by atoms with Crippen LogP contribution in [0.4, 0.5) is 10.1 Å². The summed E-state index contributed by atoms with van der Waals surface area (Å²) in [7, 11) is 0. The van der Waals surface area contributed by atoms with Crippen molar-refractivity contribution in [1.82, 2.24) is 4.90 Å². The summed E-state index contributed by atoms with van der Waals surface area (Å²) in [6.07, 6.45) is -0.633. The third-order valence-corrected chi connectivity index (χ3v) is 4.72. The van der Waals surface area contributed by atoms with Gasteiger partial charge >= 0.3 is 0 Å². The van der Waals surface area contributed by atoms with E-state index in [1.54, 1.807) is 36.4 Å². The lowest BCUT2D eigenvalue weighted by Crippen LogP contribution is -2.49. The molecule has 0 radical (unpaired) electrons. The Bertz CT molecular complexity index is 776. The first kappa shape index (κ1) is 19.3. The van der Waals surface area contributed by atoms with Crippen LogP contribution in [0.3, 0.4) is 0 Å². The van der Waals surface area contributed by atoms with Crippen LogP contribution in [0.2, 0.25) is 0 Å². The van der Waals surface area contributed by atoms with Crippen molar-refractivity contribution in [2.45, 2.75) is 13.0 Å². The normalized spacial score (nSPS) is 16.2. The van der Waals surface area contributed by atoms with E-state index in [1.165, 1.54) is 13.0 Å². The molecule has 0 saturated carbocycles. The molecule has 0 unspecified atom stereocenters. The fourth-order valence-electron chi connectivity index (χ4n) is 3.23. The fourth-order valence-corrected chi connectivity index (χ4v) is 3.23. The van der Waals surface area contributed by atoms with E-state index in [1.807, 2.05) is 11.0 Å². The molecule has 0 aliphatic carbocycles. The molecule has 5 nitrogen and oxygen atoms in total. The van der Waals surface area contributed by atoms with E-state index >= 15 is 0 Å². The topological polar surface area (TPSA) is 53.0 Å². The number of ether oxygens (including phenoxy) is 1.